The van der Waals surface area contributed by atoms with Gasteiger partial charge in [0.1, 0.15) is 0 Å². The lowest BCUT2D eigenvalue weighted by molar-refractivity contribution is -0.140. The molecular formula is C23H36O3. The maximum Gasteiger partial charge on any atom is 0.305 e. The number of aliphatic hydroxyl groups is 1. The minimum atomic E-state index is -0.292. The van der Waals surface area contributed by atoms with Crippen molar-refractivity contribution in [3.8, 4) is 0 Å². The molecule has 1 saturated carbocycles. The molecule has 0 saturated heterocycles. The second kappa shape index (κ2) is 11.4. The van der Waals surface area contributed by atoms with Crippen molar-refractivity contribution < 1.29 is 14.6 Å². The molecule has 3 nitrogen and oxygen atoms in total. The van der Waals surface area contributed by atoms with Gasteiger partial charge in [-0.05, 0) is 55.8 Å². The summed E-state index contributed by atoms with van der Waals surface area (Å²) < 4.78 is 4.66. The van der Waals surface area contributed by atoms with E-state index in [4.69, 9.17) is 0 Å². The smallest absolute Gasteiger partial charge is 0.305 e. The van der Waals surface area contributed by atoms with Crippen LogP contribution in [0, 0.1) is 23.7 Å². The van der Waals surface area contributed by atoms with Crippen molar-refractivity contribution in [2.24, 2.45) is 23.7 Å². The van der Waals surface area contributed by atoms with E-state index < -0.39 is 0 Å². The average molecular weight is 361 g/mol. The fourth-order valence-corrected chi connectivity index (χ4v) is 4.37. The van der Waals surface area contributed by atoms with Gasteiger partial charge >= 0.3 is 5.97 Å². The number of rotatable bonds is 12. The molecule has 3 heteroatoms. The van der Waals surface area contributed by atoms with Crippen molar-refractivity contribution in [1.82, 2.24) is 0 Å². The molecule has 1 fully saturated rings. The van der Waals surface area contributed by atoms with E-state index in [-0.39, 0.29) is 12.1 Å². The SMILES string of the molecule is CCCCCC(O)C=CC1C(C/C=C\CCCC(=O)OC)[C@H]2C=C[C@H]1C2. The first-order valence-corrected chi connectivity index (χ1v) is 10.4. The molecule has 2 rings (SSSR count). The largest absolute Gasteiger partial charge is 0.469 e. The molecule has 0 radical (unpaired) electrons. The maximum absolute atomic E-state index is 11.1. The molecule has 2 aliphatic carbocycles. The number of unbranched alkanes of at least 4 members (excludes halogenated alkanes) is 3. The van der Waals surface area contributed by atoms with Crippen LogP contribution in [-0.2, 0) is 9.53 Å². The fourth-order valence-electron chi connectivity index (χ4n) is 4.37. The molecule has 0 aromatic carbocycles. The first kappa shape index (κ1) is 21.0. The molecule has 2 bridgehead atoms. The number of hydrogen-bond donors (Lipinski definition) is 1. The van der Waals surface area contributed by atoms with E-state index in [1.54, 1.807) is 0 Å². The van der Waals surface area contributed by atoms with Crippen LogP contribution in [0.5, 0.6) is 0 Å². The number of allylic oxidation sites excluding steroid dienone is 5. The second-order valence-corrected chi connectivity index (χ2v) is 7.81. The molecule has 0 aromatic heterocycles. The Morgan fingerprint density at radius 3 is 2.81 bits per heavy atom. The highest BCUT2D eigenvalue weighted by molar-refractivity contribution is 5.69. The van der Waals surface area contributed by atoms with Gasteiger partial charge in [-0.2, -0.15) is 0 Å². The predicted molar refractivity (Wildman–Crippen MR) is 107 cm³/mol. The third-order valence-electron chi connectivity index (χ3n) is 5.90. The highest BCUT2D eigenvalue weighted by atomic mass is 16.5. The van der Waals surface area contributed by atoms with E-state index in [9.17, 15) is 9.90 Å². The van der Waals surface area contributed by atoms with E-state index >= 15 is 0 Å². The van der Waals surface area contributed by atoms with E-state index in [1.807, 2.05) is 6.08 Å². The molecule has 26 heavy (non-hydrogen) atoms. The third-order valence-corrected chi connectivity index (χ3v) is 5.90. The lowest BCUT2D eigenvalue weighted by atomic mass is 9.80. The number of esters is 1. The van der Waals surface area contributed by atoms with Crippen LogP contribution in [0.2, 0.25) is 0 Å². The Hall–Kier alpha value is -1.35. The van der Waals surface area contributed by atoms with Crippen LogP contribution in [0.1, 0.15) is 64.7 Å². The molecule has 2 aliphatic rings. The molecule has 0 heterocycles. The molecule has 1 N–H and O–H groups in total. The standard InChI is InChI=1S/C23H36O3/c1-3-4-7-10-20(24)15-16-22-19-14-13-18(17-19)21(22)11-8-5-6-9-12-23(25)26-2/h5,8,13-16,18-22,24H,3-4,6-7,9-12,17H2,1-2H3/b8-5-,16-15?/t18-,19-,20?,21?,22?/m0/s1. The Balaban J connectivity index is 1.77. The minimum absolute atomic E-state index is 0.126. The summed E-state index contributed by atoms with van der Waals surface area (Å²) in [6.45, 7) is 2.19. The van der Waals surface area contributed by atoms with Crippen LogP contribution in [-0.4, -0.2) is 24.3 Å². The van der Waals surface area contributed by atoms with Gasteiger partial charge in [-0.25, -0.2) is 0 Å². The predicted octanol–water partition coefficient (Wildman–Crippen LogP) is 5.21. The summed E-state index contributed by atoms with van der Waals surface area (Å²) in [7, 11) is 1.44. The quantitative estimate of drug-likeness (QED) is 0.295. The molecular weight excluding hydrogens is 324 g/mol. The molecule has 5 atom stereocenters. The normalized spacial score (nSPS) is 28.4. The van der Waals surface area contributed by atoms with Crippen molar-refractivity contribution in [2.75, 3.05) is 7.11 Å². The molecule has 0 aromatic rings. The van der Waals surface area contributed by atoms with E-state index in [1.165, 1.54) is 26.4 Å². The topological polar surface area (TPSA) is 46.5 Å². The van der Waals surface area contributed by atoms with Crippen LogP contribution >= 0.6 is 0 Å². The number of aliphatic hydroxyl groups excluding tert-OH is 1. The number of fused-ring (bicyclic) bond motifs is 2. The first-order chi connectivity index (χ1) is 12.7. The van der Waals surface area contributed by atoms with Gasteiger partial charge in [-0.1, -0.05) is 62.6 Å². The third kappa shape index (κ3) is 6.42. The van der Waals surface area contributed by atoms with E-state index in [0.29, 0.717) is 30.1 Å². The number of carbonyl (C=O) groups excluding carboxylic acids is 1. The summed E-state index contributed by atoms with van der Waals surface area (Å²) in [4.78, 5) is 11.1. The zero-order chi connectivity index (χ0) is 18.8. The number of methoxy groups -OCH3 is 1. The van der Waals surface area contributed by atoms with Gasteiger partial charge in [-0.15, -0.1) is 0 Å². The number of carbonyl (C=O) groups is 1. The summed E-state index contributed by atoms with van der Waals surface area (Å²) in [5, 5.41) is 10.2. The Morgan fingerprint density at radius 2 is 2.04 bits per heavy atom. The lowest BCUT2D eigenvalue weighted by Gasteiger charge is -2.25. The zero-order valence-corrected chi connectivity index (χ0v) is 16.5. The Labute approximate surface area is 159 Å². The van der Waals surface area contributed by atoms with Gasteiger partial charge in [0.25, 0.3) is 0 Å². The van der Waals surface area contributed by atoms with Gasteiger partial charge in [0.2, 0.25) is 0 Å². The Morgan fingerprint density at radius 1 is 1.23 bits per heavy atom. The minimum Gasteiger partial charge on any atom is -0.469 e. The summed E-state index contributed by atoms with van der Waals surface area (Å²) >= 11 is 0. The molecule has 0 aliphatic heterocycles. The van der Waals surface area contributed by atoms with Crippen LogP contribution in [0.25, 0.3) is 0 Å². The lowest BCUT2D eigenvalue weighted by Crippen LogP contribution is -2.17. The van der Waals surface area contributed by atoms with Crippen LogP contribution in [0.15, 0.2) is 36.5 Å². The summed E-state index contributed by atoms with van der Waals surface area (Å²) in [5.41, 5.74) is 0. The van der Waals surface area contributed by atoms with Crippen molar-refractivity contribution >= 4 is 5.97 Å². The maximum atomic E-state index is 11.1. The summed E-state index contributed by atoms with van der Waals surface area (Å²) in [5.74, 6) is 2.43. The molecule has 3 unspecified atom stereocenters. The average Bonchev–Trinajstić information content (AvgIpc) is 3.24. The Bertz CT molecular complexity index is 506. The van der Waals surface area contributed by atoms with Crippen LogP contribution in [0.3, 0.4) is 0 Å². The highest BCUT2D eigenvalue weighted by Gasteiger charge is 2.42. The van der Waals surface area contributed by atoms with Crippen molar-refractivity contribution in [3.63, 3.8) is 0 Å². The highest BCUT2D eigenvalue weighted by Crippen LogP contribution is 2.50. The first-order valence-electron chi connectivity index (χ1n) is 10.4. The van der Waals surface area contributed by atoms with E-state index in [2.05, 4.69) is 42.0 Å². The van der Waals surface area contributed by atoms with Crippen molar-refractivity contribution in [2.45, 2.75) is 70.8 Å². The van der Waals surface area contributed by atoms with Gasteiger partial charge in [0.15, 0.2) is 0 Å². The number of hydrogen-bond acceptors (Lipinski definition) is 3. The zero-order valence-electron chi connectivity index (χ0n) is 16.5. The molecule has 0 amide bonds. The van der Waals surface area contributed by atoms with E-state index in [0.717, 1.165) is 32.1 Å². The van der Waals surface area contributed by atoms with Gasteiger partial charge < -0.3 is 9.84 Å². The van der Waals surface area contributed by atoms with Crippen molar-refractivity contribution in [1.29, 1.82) is 0 Å². The van der Waals surface area contributed by atoms with Gasteiger partial charge in [0.05, 0.1) is 13.2 Å². The summed E-state index contributed by atoms with van der Waals surface area (Å²) in [6, 6.07) is 0. The monoisotopic (exact) mass is 360 g/mol. The number of ether oxygens (including phenoxy) is 1. The van der Waals surface area contributed by atoms with Gasteiger partial charge in [0, 0.05) is 6.42 Å². The molecule has 0 spiro atoms. The van der Waals surface area contributed by atoms with Crippen LogP contribution < -0.4 is 0 Å². The summed E-state index contributed by atoms with van der Waals surface area (Å²) in [6.07, 6.45) is 22.3. The van der Waals surface area contributed by atoms with Crippen molar-refractivity contribution in [3.05, 3.63) is 36.5 Å². The van der Waals surface area contributed by atoms with Gasteiger partial charge in [-0.3, -0.25) is 4.79 Å². The second-order valence-electron chi connectivity index (χ2n) is 7.81. The molecule has 146 valence electrons. The fraction of sp³-hybridized carbons (Fsp3) is 0.696. The Kier molecular flexibility index (Phi) is 9.17. The van der Waals surface area contributed by atoms with Crippen LogP contribution in [0.4, 0.5) is 0 Å².